The number of hydrogen-bond acceptors (Lipinski definition) is 3. The van der Waals surface area contributed by atoms with Gasteiger partial charge in [0.05, 0.1) is 22.0 Å². The molecule has 0 unspecified atom stereocenters. The Morgan fingerprint density at radius 3 is 1.82 bits per heavy atom. The van der Waals surface area contributed by atoms with Crippen molar-refractivity contribution in [2.75, 3.05) is 0 Å². The number of hydrogen-bond donors (Lipinski definition) is 1. The van der Waals surface area contributed by atoms with Crippen LogP contribution in [0.3, 0.4) is 0 Å². The monoisotopic (exact) mass is 453 g/mol. The molecule has 2 N–H and O–H groups in total. The van der Waals surface area contributed by atoms with E-state index >= 15 is 0 Å². The molecule has 3 aromatic rings. The first-order valence-electron chi connectivity index (χ1n) is 10.6. The Balaban J connectivity index is 1.81. The largest absolute Gasteiger partial charge is 0.238 e. The van der Waals surface area contributed by atoms with Gasteiger partial charge in [-0.3, -0.25) is 0 Å². The molecule has 0 saturated carbocycles. The molecule has 5 nitrogen and oxygen atoms in total. The van der Waals surface area contributed by atoms with Crippen molar-refractivity contribution >= 4 is 10.0 Å². The Kier molecular flexibility index (Phi) is 5.12. The molecular weight excluding hydrogens is 430 g/mol. The van der Waals surface area contributed by atoms with E-state index in [1.807, 2.05) is 10.7 Å². The van der Waals surface area contributed by atoms with Crippen LogP contribution >= 0.6 is 0 Å². The van der Waals surface area contributed by atoms with Gasteiger partial charge in [0.25, 0.3) is 0 Å². The van der Waals surface area contributed by atoms with Crippen LogP contribution in [0.2, 0.25) is 0 Å². The standard InChI is InChI=1S/C27H23N3O2S/c1-18-6-10-20(11-7-18)26-24-4-3-5-25(24)27(21-12-8-19(2)9-13-21)30(29-26)22-14-16-23(17-15-22)33(28,31)32/h3-17H,1-2H3,(H2,28,31,32). The molecule has 2 aliphatic rings. The molecule has 0 spiro atoms. The van der Waals surface area contributed by atoms with Crippen LogP contribution in [0.4, 0.5) is 0 Å². The van der Waals surface area contributed by atoms with E-state index in [1.165, 1.54) is 23.3 Å². The van der Waals surface area contributed by atoms with Crippen molar-refractivity contribution < 1.29 is 8.42 Å². The van der Waals surface area contributed by atoms with Crippen LogP contribution in [0.5, 0.6) is 0 Å². The van der Waals surface area contributed by atoms with Crippen LogP contribution in [0.1, 0.15) is 11.1 Å². The van der Waals surface area contributed by atoms with Crippen molar-refractivity contribution in [2.24, 2.45) is 5.14 Å². The SMILES string of the molecule is Cc1ccc(-c2nn(-c3ccc(S(N)(=O)=O)cc3)c(-c3ccc(C)cc3)c3cccc2-3)cc1. The third-order valence-corrected chi connectivity index (χ3v) is 6.73. The minimum atomic E-state index is -3.78. The number of fused-ring (bicyclic) bond motifs is 1. The zero-order chi connectivity index (χ0) is 23.2. The summed E-state index contributed by atoms with van der Waals surface area (Å²) >= 11 is 0. The van der Waals surface area contributed by atoms with Crippen molar-refractivity contribution in [1.29, 1.82) is 0 Å². The van der Waals surface area contributed by atoms with E-state index in [-0.39, 0.29) is 4.90 Å². The normalized spacial score (nSPS) is 11.7. The highest BCUT2D eigenvalue weighted by Gasteiger charge is 2.22. The number of aryl methyl sites for hydroxylation is 2. The molecule has 3 aromatic carbocycles. The molecule has 1 heterocycles. The van der Waals surface area contributed by atoms with Gasteiger partial charge < -0.3 is 0 Å². The molecule has 0 saturated heterocycles. The second-order valence-electron chi connectivity index (χ2n) is 8.23. The van der Waals surface area contributed by atoms with E-state index in [9.17, 15) is 8.42 Å². The molecule has 1 aliphatic heterocycles. The Morgan fingerprint density at radius 1 is 0.697 bits per heavy atom. The molecule has 0 fully saturated rings. The summed E-state index contributed by atoms with van der Waals surface area (Å²) in [6.45, 7) is 4.11. The lowest BCUT2D eigenvalue weighted by Gasteiger charge is -2.21. The van der Waals surface area contributed by atoms with Gasteiger partial charge in [0.15, 0.2) is 0 Å². The predicted molar refractivity (Wildman–Crippen MR) is 132 cm³/mol. The number of benzene rings is 3. The van der Waals surface area contributed by atoms with Crippen LogP contribution in [-0.4, -0.2) is 18.2 Å². The first kappa shape index (κ1) is 21.1. The third-order valence-electron chi connectivity index (χ3n) is 5.80. The summed E-state index contributed by atoms with van der Waals surface area (Å²) in [7, 11) is -3.78. The molecular formula is C27H23N3O2S. The molecule has 0 atom stereocenters. The van der Waals surface area contributed by atoms with E-state index in [2.05, 4.69) is 74.5 Å². The quantitative estimate of drug-likeness (QED) is 0.386. The third kappa shape index (κ3) is 3.95. The first-order chi connectivity index (χ1) is 15.8. The Bertz CT molecular complexity index is 1520. The molecule has 33 heavy (non-hydrogen) atoms. The summed E-state index contributed by atoms with van der Waals surface area (Å²) in [6.07, 6.45) is 0. The van der Waals surface area contributed by atoms with Gasteiger partial charge in [0, 0.05) is 22.3 Å². The summed E-state index contributed by atoms with van der Waals surface area (Å²) in [5.41, 5.74) is 9.07. The molecule has 5 rings (SSSR count). The van der Waals surface area contributed by atoms with Crippen LogP contribution < -0.4 is 5.14 Å². The molecule has 0 radical (unpaired) electrons. The lowest BCUT2D eigenvalue weighted by molar-refractivity contribution is 0.598. The molecule has 0 amide bonds. The number of aromatic nitrogens is 2. The lowest BCUT2D eigenvalue weighted by Crippen LogP contribution is -2.13. The van der Waals surface area contributed by atoms with Crippen molar-refractivity contribution in [2.45, 2.75) is 18.7 Å². The van der Waals surface area contributed by atoms with Crippen molar-refractivity contribution in [3.05, 3.63) is 102 Å². The highest BCUT2D eigenvalue weighted by Crippen LogP contribution is 2.41. The number of nitrogens with zero attached hydrogens (tertiary/aromatic N) is 2. The van der Waals surface area contributed by atoms with Crippen LogP contribution in [0.15, 0.2) is 95.9 Å². The van der Waals surface area contributed by atoms with E-state index in [1.54, 1.807) is 12.1 Å². The summed E-state index contributed by atoms with van der Waals surface area (Å²) in [6, 6.07) is 29.3. The van der Waals surface area contributed by atoms with E-state index < -0.39 is 10.0 Å². The van der Waals surface area contributed by atoms with Crippen LogP contribution in [0, 0.1) is 13.8 Å². The lowest BCUT2D eigenvalue weighted by atomic mass is 9.97. The summed E-state index contributed by atoms with van der Waals surface area (Å²) in [5.74, 6) is 0. The fourth-order valence-electron chi connectivity index (χ4n) is 4.03. The summed E-state index contributed by atoms with van der Waals surface area (Å²) < 4.78 is 25.4. The van der Waals surface area contributed by atoms with E-state index in [0.29, 0.717) is 0 Å². The van der Waals surface area contributed by atoms with Gasteiger partial charge in [-0.2, -0.15) is 5.10 Å². The van der Waals surface area contributed by atoms with Gasteiger partial charge in [0.2, 0.25) is 10.0 Å². The first-order valence-corrected chi connectivity index (χ1v) is 12.1. The van der Waals surface area contributed by atoms with Gasteiger partial charge in [-0.15, -0.1) is 0 Å². The second-order valence-corrected chi connectivity index (χ2v) is 9.79. The van der Waals surface area contributed by atoms with Gasteiger partial charge in [-0.1, -0.05) is 77.9 Å². The number of rotatable bonds is 4. The zero-order valence-corrected chi connectivity index (χ0v) is 19.2. The number of nitrogens with two attached hydrogens (primary N) is 1. The Morgan fingerprint density at radius 2 is 1.24 bits per heavy atom. The van der Waals surface area contributed by atoms with Gasteiger partial charge in [0.1, 0.15) is 0 Å². The van der Waals surface area contributed by atoms with Gasteiger partial charge >= 0.3 is 0 Å². The maximum Gasteiger partial charge on any atom is 0.238 e. The average Bonchev–Trinajstić information content (AvgIpc) is 3.29. The van der Waals surface area contributed by atoms with Crippen molar-refractivity contribution in [1.82, 2.24) is 9.78 Å². The smallest absolute Gasteiger partial charge is 0.232 e. The molecule has 0 aromatic heterocycles. The molecule has 164 valence electrons. The second kappa shape index (κ2) is 7.99. The maximum atomic E-state index is 11.8. The topological polar surface area (TPSA) is 78.0 Å². The zero-order valence-electron chi connectivity index (χ0n) is 18.4. The van der Waals surface area contributed by atoms with Gasteiger partial charge in [-0.05, 0) is 38.1 Å². The van der Waals surface area contributed by atoms with Crippen LogP contribution in [0.25, 0.3) is 39.3 Å². The molecule has 0 bridgehead atoms. The fraction of sp³-hybridized carbons (Fsp3) is 0.0741. The fourth-order valence-corrected chi connectivity index (χ4v) is 4.54. The summed E-state index contributed by atoms with van der Waals surface area (Å²) in [5, 5.41) is 10.4. The molecule has 6 heteroatoms. The number of sulfonamides is 1. The minimum absolute atomic E-state index is 0.0666. The summed E-state index contributed by atoms with van der Waals surface area (Å²) in [4.78, 5) is 0.0666. The van der Waals surface area contributed by atoms with Crippen molar-refractivity contribution in [3.63, 3.8) is 0 Å². The van der Waals surface area contributed by atoms with Gasteiger partial charge in [-0.25, -0.2) is 18.2 Å². The predicted octanol–water partition coefficient (Wildman–Crippen LogP) is 5.58. The van der Waals surface area contributed by atoms with Crippen molar-refractivity contribution in [3.8, 4) is 39.3 Å². The highest BCUT2D eigenvalue weighted by atomic mass is 32.2. The molecule has 1 aliphatic carbocycles. The van der Waals surface area contributed by atoms with Crippen LogP contribution in [-0.2, 0) is 10.0 Å². The number of primary sulfonamides is 1. The minimum Gasteiger partial charge on any atom is -0.232 e. The van der Waals surface area contributed by atoms with E-state index in [4.69, 9.17) is 10.2 Å². The Hall–Kier alpha value is -3.74. The Labute approximate surface area is 193 Å². The van der Waals surface area contributed by atoms with E-state index in [0.717, 1.165) is 39.3 Å². The maximum absolute atomic E-state index is 11.8. The highest BCUT2D eigenvalue weighted by molar-refractivity contribution is 7.89. The average molecular weight is 454 g/mol.